The number of aliphatic hydroxyl groups excluding tert-OH is 2. The second kappa shape index (κ2) is 47.9. The van der Waals surface area contributed by atoms with E-state index in [1.165, 1.54) is 205 Å². The first kappa shape index (κ1) is 61.0. The van der Waals surface area contributed by atoms with Crippen LogP contribution in [0.25, 0.3) is 0 Å². The third-order valence-corrected chi connectivity index (χ3v) is 13.0. The average molecular weight is 905 g/mol. The molecule has 0 heterocycles. The Bertz CT molecular complexity index is 998. The number of rotatable bonds is 51. The summed E-state index contributed by atoms with van der Waals surface area (Å²) >= 11 is 0. The minimum atomic E-state index is -4.62. The predicted octanol–water partition coefficient (Wildman–Crippen LogP) is 15.0. The Labute approximate surface area is 382 Å². The van der Waals surface area contributed by atoms with Crippen LogP contribution in [0.4, 0.5) is 0 Å². The number of esters is 2. The molecule has 0 rings (SSSR count). The van der Waals surface area contributed by atoms with E-state index in [4.69, 9.17) is 23.6 Å². The second-order valence-electron chi connectivity index (χ2n) is 18.3. The van der Waals surface area contributed by atoms with Crippen molar-refractivity contribution in [2.24, 2.45) is 0 Å². The number of unbranched alkanes of at least 4 members (excludes halogenated alkanes) is 37. The molecule has 62 heavy (non-hydrogen) atoms. The number of carbonyl (C=O) groups is 2. The molecule has 0 radical (unpaired) electrons. The lowest BCUT2D eigenvalue weighted by molar-refractivity contribution is -0.161. The molecule has 0 saturated heterocycles. The highest BCUT2D eigenvalue weighted by molar-refractivity contribution is 7.47. The number of phosphoric acid groups is 1. The topological polar surface area (TPSA) is 149 Å². The number of aliphatic hydroxyl groups is 2. The second-order valence-corrected chi connectivity index (χ2v) is 19.7. The molecule has 0 amide bonds. The van der Waals surface area contributed by atoms with Gasteiger partial charge in [-0.2, -0.15) is 0 Å². The molecule has 0 aliphatic carbocycles. The SMILES string of the molecule is CCCCCCCCCCCCCCCCCCCCCCCC(=O)O[C@H](COC(=O)CCCCCCCCCCCCCCCCCCCC)COP(=O)(O)OC[C@@H](O)CO. The van der Waals surface area contributed by atoms with Crippen LogP contribution < -0.4 is 0 Å². The molecule has 0 fully saturated rings. The summed E-state index contributed by atoms with van der Waals surface area (Å²) < 4.78 is 32.9. The lowest BCUT2D eigenvalue weighted by Crippen LogP contribution is -2.29. The van der Waals surface area contributed by atoms with E-state index in [1.54, 1.807) is 0 Å². The lowest BCUT2D eigenvalue weighted by Gasteiger charge is -2.20. The van der Waals surface area contributed by atoms with E-state index < -0.39 is 51.8 Å². The quantitative estimate of drug-likeness (QED) is 0.0306. The van der Waals surface area contributed by atoms with Crippen LogP contribution in [0.15, 0.2) is 0 Å². The number of hydrogen-bond acceptors (Lipinski definition) is 9. The van der Waals surface area contributed by atoms with E-state index in [9.17, 15) is 24.2 Å². The summed E-state index contributed by atoms with van der Waals surface area (Å²) in [5.74, 6) is -0.901. The first-order valence-electron chi connectivity index (χ1n) is 26.5. The van der Waals surface area contributed by atoms with Gasteiger partial charge >= 0.3 is 19.8 Å². The first-order chi connectivity index (χ1) is 30.2. The fourth-order valence-corrected chi connectivity index (χ4v) is 8.73. The summed E-state index contributed by atoms with van der Waals surface area (Å²) in [6, 6.07) is 0. The van der Waals surface area contributed by atoms with Gasteiger partial charge in [0.15, 0.2) is 6.10 Å². The van der Waals surface area contributed by atoms with Gasteiger partial charge in [-0.25, -0.2) is 4.57 Å². The largest absolute Gasteiger partial charge is 0.472 e. The number of carbonyl (C=O) groups excluding carboxylic acids is 2. The van der Waals surface area contributed by atoms with Crippen LogP contribution in [0, 0.1) is 0 Å². The Hall–Kier alpha value is -1.03. The molecule has 3 atom stereocenters. The molecule has 0 aromatic rings. The highest BCUT2D eigenvalue weighted by atomic mass is 31.2. The predicted molar refractivity (Wildman–Crippen MR) is 256 cm³/mol. The molecule has 0 aromatic heterocycles. The molecule has 0 aromatic carbocycles. The molecule has 370 valence electrons. The van der Waals surface area contributed by atoms with E-state index in [0.717, 1.165) is 32.1 Å². The van der Waals surface area contributed by atoms with Crippen molar-refractivity contribution in [1.82, 2.24) is 0 Å². The first-order valence-corrected chi connectivity index (χ1v) is 28.0. The maximum atomic E-state index is 12.7. The fraction of sp³-hybridized carbons (Fsp3) is 0.961. The van der Waals surface area contributed by atoms with Crippen molar-refractivity contribution < 1.29 is 47.8 Å². The van der Waals surface area contributed by atoms with Crippen LogP contribution in [-0.2, 0) is 32.7 Å². The Kier molecular flexibility index (Phi) is 47.1. The van der Waals surface area contributed by atoms with Crippen molar-refractivity contribution in [1.29, 1.82) is 0 Å². The van der Waals surface area contributed by atoms with Crippen LogP contribution in [0.1, 0.15) is 277 Å². The molecule has 0 aliphatic heterocycles. The summed E-state index contributed by atoms with van der Waals surface area (Å²) in [5.41, 5.74) is 0. The van der Waals surface area contributed by atoms with Gasteiger partial charge in [-0.05, 0) is 12.8 Å². The number of hydrogen-bond donors (Lipinski definition) is 3. The minimum Gasteiger partial charge on any atom is -0.462 e. The van der Waals surface area contributed by atoms with Gasteiger partial charge < -0.3 is 24.6 Å². The maximum absolute atomic E-state index is 12.7. The van der Waals surface area contributed by atoms with Gasteiger partial charge in [0.1, 0.15) is 12.7 Å². The van der Waals surface area contributed by atoms with Gasteiger partial charge in [-0.15, -0.1) is 0 Å². The molecule has 0 saturated carbocycles. The molecular formula is C51H101O10P. The molecule has 0 spiro atoms. The minimum absolute atomic E-state index is 0.193. The van der Waals surface area contributed by atoms with Crippen LogP contribution in [0.5, 0.6) is 0 Å². The van der Waals surface area contributed by atoms with Crippen LogP contribution in [0.2, 0.25) is 0 Å². The Morgan fingerprint density at radius 1 is 0.419 bits per heavy atom. The fourth-order valence-electron chi connectivity index (χ4n) is 7.94. The van der Waals surface area contributed by atoms with Crippen LogP contribution in [-0.4, -0.2) is 65.7 Å². The van der Waals surface area contributed by atoms with Gasteiger partial charge in [-0.3, -0.25) is 18.6 Å². The lowest BCUT2D eigenvalue weighted by atomic mass is 10.0. The molecule has 10 nitrogen and oxygen atoms in total. The van der Waals surface area contributed by atoms with Crippen molar-refractivity contribution in [3.8, 4) is 0 Å². The zero-order chi connectivity index (χ0) is 45.5. The van der Waals surface area contributed by atoms with E-state index in [0.29, 0.717) is 12.8 Å². The van der Waals surface area contributed by atoms with Gasteiger partial charge in [0.2, 0.25) is 0 Å². The molecule has 0 aliphatic rings. The Morgan fingerprint density at radius 2 is 0.694 bits per heavy atom. The maximum Gasteiger partial charge on any atom is 0.472 e. The third kappa shape index (κ3) is 46.9. The molecule has 1 unspecified atom stereocenters. The van der Waals surface area contributed by atoms with Crippen molar-refractivity contribution in [3.05, 3.63) is 0 Å². The standard InChI is InChI=1S/C51H101O10P/c1-3-5-7-9-11-13-15-17-19-21-23-24-25-27-29-31-33-35-37-39-41-43-51(55)61-49(47-60-62(56,57)59-45-48(53)44-52)46-58-50(54)42-40-38-36-34-32-30-28-26-22-20-18-16-14-12-10-8-6-4-2/h48-49,52-53H,3-47H2,1-2H3,(H,56,57)/t48-,49+/m0/s1. The molecular weight excluding hydrogens is 804 g/mol. The summed E-state index contributed by atoms with van der Waals surface area (Å²) in [6.07, 6.45) is 47.9. The Morgan fingerprint density at radius 3 is 1.00 bits per heavy atom. The number of phosphoric ester groups is 1. The van der Waals surface area contributed by atoms with Crippen molar-refractivity contribution in [3.63, 3.8) is 0 Å². The van der Waals surface area contributed by atoms with E-state index in [2.05, 4.69) is 13.8 Å². The summed E-state index contributed by atoms with van der Waals surface area (Å²) in [5, 5.41) is 18.4. The van der Waals surface area contributed by atoms with Crippen LogP contribution >= 0.6 is 7.82 Å². The molecule has 11 heteroatoms. The third-order valence-electron chi connectivity index (χ3n) is 12.0. The zero-order valence-corrected chi connectivity index (χ0v) is 41.5. The van der Waals surface area contributed by atoms with E-state index in [-0.39, 0.29) is 19.4 Å². The molecule has 3 N–H and O–H groups in total. The van der Waals surface area contributed by atoms with Crippen molar-refractivity contribution >= 4 is 19.8 Å². The van der Waals surface area contributed by atoms with Crippen molar-refractivity contribution in [2.45, 2.75) is 289 Å². The highest BCUT2D eigenvalue weighted by Gasteiger charge is 2.27. The van der Waals surface area contributed by atoms with Crippen LogP contribution in [0.3, 0.4) is 0 Å². The normalized spacial score (nSPS) is 13.6. The van der Waals surface area contributed by atoms with Crippen molar-refractivity contribution in [2.75, 3.05) is 26.4 Å². The van der Waals surface area contributed by atoms with Gasteiger partial charge in [0.25, 0.3) is 0 Å². The Balaban J connectivity index is 4.10. The smallest absolute Gasteiger partial charge is 0.462 e. The summed E-state index contributed by atoms with van der Waals surface area (Å²) in [4.78, 5) is 35.2. The summed E-state index contributed by atoms with van der Waals surface area (Å²) in [6.45, 7) is 2.46. The summed E-state index contributed by atoms with van der Waals surface area (Å²) in [7, 11) is -4.62. The monoisotopic (exact) mass is 905 g/mol. The highest BCUT2D eigenvalue weighted by Crippen LogP contribution is 2.43. The average Bonchev–Trinajstić information content (AvgIpc) is 3.26. The van der Waals surface area contributed by atoms with Gasteiger partial charge in [-0.1, -0.05) is 251 Å². The van der Waals surface area contributed by atoms with E-state index in [1.807, 2.05) is 0 Å². The molecule has 0 bridgehead atoms. The van der Waals surface area contributed by atoms with E-state index >= 15 is 0 Å². The zero-order valence-electron chi connectivity index (χ0n) is 40.6. The van der Waals surface area contributed by atoms with Gasteiger partial charge in [0.05, 0.1) is 19.8 Å². The number of ether oxygens (including phenoxy) is 2. The van der Waals surface area contributed by atoms with Gasteiger partial charge in [0, 0.05) is 12.8 Å².